The minimum absolute atomic E-state index is 0.117. The Bertz CT molecular complexity index is 576. The van der Waals surface area contributed by atoms with Crippen LogP contribution in [0.2, 0.25) is 0 Å². The number of amides is 1. The van der Waals surface area contributed by atoms with Crippen molar-refractivity contribution < 1.29 is 9.59 Å². The monoisotopic (exact) mass is 239 g/mol. The summed E-state index contributed by atoms with van der Waals surface area (Å²) in [6.45, 7) is 1.45. The molecule has 0 heterocycles. The van der Waals surface area contributed by atoms with Crippen molar-refractivity contribution in [2.24, 2.45) is 0 Å². The van der Waals surface area contributed by atoms with E-state index in [4.69, 9.17) is 0 Å². The largest absolute Gasteiger partial charge is 0.322 e. The molecule has 0 radical (unpaired) electrons. The van der Waals surface area contributed by atoms with Crippen LogP contribution >= 0.6 is 0 Å². The van der Waals surface area contributed by atoms with Gasteiger partial charge in [-0.15, -0.1) is 0 Å². The lowest BCUT2D eigenvalue weighted by Crippen LogP contribution is -2.15. The summed E-state index contributed by atoms with van der Waals surface area (Å²) in [6, 6.07) is 15.9. The molecule has 0 atom stereocenters. The van der Waals surface area contributed by atoms with E-state index in [2.05, 4.69) is 5.32 Å². The number of nitrogens with one attached hydrogen (secondary N) is 1. The highest BCUT2D eigenvalue weighted by atomic mass is 16.2. The second-order valence-corrected chi connectivity index (χ2v) is 3.92. The van der Waals surface area contributed by atoms with E-state index >= 15 is 0 Å². The number of hydrogen-bond acceptors (Lipinski definition) is 2. The number of para-hydroxylation sites is 1. The molecule has 3 nitrogen and oxygen atoms in total. The fourth-order valence-electron chi connectivity index (χ4n) is 1.71. The van der Waals surface area contributed by atoms with Crippen molar-refractivity contribution in [2.45, 2.75) is 6.92 Å². The van der Waals surface area contributed by atoms with E-state index in [-0.39, 0.29) is 11.7 Å². The molecule has 0 aliphatic rings. The van der Waals surface area contributed by atoms with Crippen LogP contribution < -0.4 is 5.32 Å². The van der Waals surface area contributed by atoms with Gasteiger partial charge in [0.05, 0.1) is 5.56 Å². The van der Waals surface area contributed by atoms with Gasteiger partial charge < -0.3 is 5.32 Å². The Morgan fingerprint density at radius 2 is 1.39 bits per heavy atom. The van der Waals surface area contributed by atoms with E-state index in [0.717, 1.165) is 0 Å². The number of rotatable bonds is 3. The average Bonchev–Trinajstić information content (AvgIpc) is 2.40. The summed E-state index contributed by atoms with van der Waals surface area (Å²) in [4.78, 5) is 23.5. The van der Waals surface area contributed by atoms with Gasteiger partial charge in [0, 0.05) is 11.3 Å². The molecule has 1 N–H and O–H groups in total. The maximum atomic E-state index is 12.1. The van der Waals surface area contributed by atoms with Crippen molar-refractivity contribution in [2.75, 3.05) is 5.32 Å². The summed E-state index contributed by atoms with van der Waals surface area (Å²) < 4.78 is 0. The standard InChI is InChI=1S/C15H13NO2/c1-11(17)13-9-5-6-10-14(13)15(18)16-12-7-3-2-4-8-12/h2-10H,1H3,(H,16,18). The first-order valence-electron chi connectivity index (χ1n) is 5.65. The summed E-state index contributed by atoms with van der Waals surface area (Å²) in [7, 11) is 0. The van der Waals surface area contributed by atoms with E-state index in [1.54, 1.807) is 36.4 Å². The van der Waals surface area contributed by atoms with Crippen molar-refractivity contribution in [3.8, 4) is 0 Å². The van der Waals surface area contributed by atoms with Crippen molar-refractivity contribution in [3.63, 3.8) is 0 Å². The molecule has 0 aliphatic carbocycles. The summed E-state index contributed by atoms with van der Waals surface area (Å²) >= 11 is 0. The van der Waals surface area contributed by atoms with Crippen molar-refractivity contribution >= 4 is 17.4 Å². The minimum Gasteiger partial charge on any atom is -0.322 e. The van der Waals surface area contributed by atoms with Gasteiger partial charge in [-0.2, -0.15) is 0 Å². The van der Waals surface area contributed by atoms with Gasteiger partial charge in [-0.25, -0.2) is 0 Å². The Balaban J connectivity index is 2.27. The molecule has 1 amide bonds. The normalized spacial score (nSPS) is 9.83. The maximum absolute atomic E-state index is 12.1. The summed E-state index contributed by atoms with van der Waals surface area (Å²) in [5.74, 6) is -0.388. The molecule has 0 aromatic heterocycles. The van der Waals surface area contributed by atoms with Crippen LogP contribution in [0, 0.1) is 0 Å². The first-order chi connectivity index (χ1) is 8.68. The molecule has 0 unspecified atom stereocenters. The molecule has 0 fully saturated rings. The zero-order valence-corrected chi connectivity index (χ0v) is 10.0. The van der Waals surface area contributed by atoms with E-state index in [9.17, 15) is 9.59 Å². The Hall–Kier alpha value is -2.42. The van der Waals surface area contributed by atoms with Crippen LogP contribution in [0.4, 0.5) is 5.69 Å². The molecule has 2 rings (SSSR count). The second kappa shape index (κ2) is 5.27. The third-order valence-corrected chi connectivity index (χ3v) is 2.58. The molecule has 90 valence electrons. The van der Waals surface area contributed by atoms with Crippen molar-refractivity contribution in [1.29, 1.82) is 0 Å². The van der Waals surface area contributed by atoms with Crippen LogP contribution in [0.1, 0.15) is 27.6 Å². The third kappa shape index (κ3) is 2.63. The SMILES string of the molecule is CC(=O)c1ccccc1C(=O)Nc1ccccc1. The van der Waals surface area contributed by atoms with Gasteiger partial charge in [0.15, 0.2) is 5.78 Å². The Morgan fingerprint density at radius 3 is 2.00 bits per heavy atom. The number of carbonyl (C=O) groups excluding carboxylic acids is 2. The summed E-state index contributed by atoms with van der Waals surface area (Å²) in [5, 5.41) is 2.76. The maximum Gasteiger partial charge on any atom is 0.256 e. The van der Waals surface area contributed by atoms with Gasteiger partial charge in [-0.1, -0.05) is 36.4 Å². The van der Waals surface area contributed by atoms with Gasteiger partial charge in [0.25, 0.3) is 5.91 Å². The van der Waals surface area contributed by atoms with Crippen molar-refractivity contribution in [1.82, 2.24) is 0 Å². The molecule has 0 spiro atoms. The Kier molecular flexibility index (Phi) is 3.53. The molecular formula is C15H13NO2. The lowest BCUT2D eigenvalue weighted by atomic mass is 10.0. The van der Waals surface area contributed by atoms with Gasteiger partial charge >= 0.3 is 0 Å². The van der Waals surface area contributed by atoms with Gasteiger partial charge in [0.2, 0.25) is 0 Å². The van der Waals surface area contributed by atoms with Gasteiger partial charge in [-0.3, -0.25) is 9.59 Å². The summed E-state index contributed by atoms with van der Waals surface area (Å²) in [5.41, 5.74) is 1.54. The zero-order valence-electron chi connectivity index (χ0n) is 10.0. The molecule has 2 aromatic carbocycles. The molecule has 2 aromatic rings. The van der Waals surface area contributed by atoms with E-state index < -0.39 is 0 Å². The van der Waals surface area contributed by atoms with Crippen molar-refractivity contribution in [3.05, 3.63) is 65.7 Å². The van der Waals surface area contributed by atoms with Crippen LogP contribution in [0.25, 0.3) is 0 Å². The smallest absolute Gasteiger partial charge is 0.256 e. The number of benzene rings is 2. The number of Topliss-reactive ketones (excluding diaryl/α,β-unsaturated/α-hetero) is 1. The molecule has 3 heteroatoms. The highest BCUT2D eigenvalue weighted by molar-refractivity contribution is 6.12. The highest BCUT2D eigenvalue weighted by Crippen LogP contribution is 2.13. The lowest BCUT2D eigenvalue weighted by Gasteiger charge is -2.07. The Morgan fingerprint density at radius 1 is 0.833 bits per heavy atom. The molecule has 0 aliphatic heterocycles. The zero-order chi connectivity index (χ0) is 13.0. The predicted molar refractivity (Wildman–Crippen MR) is 70.8 cm³/mol. The average molecular weight is 239 g/mol. The predicted octanol–water partition coefficient (Wildman–Crippen LogP) is 3.14. The van der Waals surface area contributed by atoms with Gasteiger partial charge in [-0.05, 0) is 25.1 Å². The topological polar surface area (TPSA) is 46.2 Å². The van der Waals surface area contributed by atoms with E-state index in [1.807, 2.05) is 18.2 Å². The number of ketones is 1. The lowest BCUT2D eigenvalue weighted by molar-refractivity contribution is 0.0985. The highest BCUT2D eigenvalue weighted by Gasteiger charge is 2.13. The number of hydrogen-bond donors (Lipinski definition) is 1. The van der Waals surface area contributed by atoms with E-state index in [0.29, 0.717) is 16.8 Å². The molecule has 0 bridgehead atoms. The number of anilines is 1. The molecule has 18 heavy (non-hydrogen) atoms. The second-order valence-electron chi connectivity index (χ2n) is 3.92. The molecular weight excluding hydrogens is 226 g/mol. The number of carbonyl (C=O) groups is 2. The third-order valence-electron chi connectivity index (χ3n) is 2.58. The van der Waals surface area contributed by atoms with Gasteiger partial charge in [0.1, 0.15) is 0 Å². The quantitative estimate of drug-likeness (QED) is 0.836. The first kappa shape index (κ1) is 12.0. The van der Waals surface area contributed by atoms with Crippen LogP contribution in [0.3, 0.4) is 0 Å². The molecule has 0 saturated heterocycles. The molecule has 0 saturated carbocycles. The van der Waals surface area contributed by atoms with Crippen LogP contribution in [-0.4, -0.2) is 11.7 Å². The summed E-state index contributed by atoms with van der Waals surface area (Å²) in [6.07, 6.45) is 0. The van der Waals surface area contributed by atoms with E-state index in [1.165, 1.54) is 6.92 Å². The fraction of sp³-hybridized carbons (Fsp3) is 0.0667. The van der Waals surface area contributed by atoms with Crippen LogP contribution in [-0.2, 0) is 0 Å². The van der Waals surface area contributed by atoms with Crippen LogP contribution in [0.5, 0.6) is 0 Å². The van der Waals surface area contributed by atoms with Crippen LogP contribution in [0.15, 0.2) is 54.6 Å². The fourth-order valence-corrected chi connectivity index (χ4v) is 1.71. The first-order valence-corrected chi connectivity index (χ1v) is 5.65. The Labute approximate surface area is 105 Å². The minimum atomic E-state index is -0.271.